The fraction of sp³-hybridized carbons (Fsp3) is 0.526. The topological polar surface area (TPSA) is 69.9 Å². The Morgan fingerprint density at radius 2 is 1.80 bits per heavy atom. The van der Waals surface area contributed by atoms with Gasteiger partial charge in [0.25, 0.3) is 5.91 Å². The number of piperidine rings is 1. The lowest BCUT2D eigenvalue weighted by atomic mass is 9.79. The van der Waals surface area contributed by atoms with E-state index in [0.717, 1.165) is 24.9 Å². The molecule has 0 bridgehead atoms. The summed E-state index contributed by atoms with van der Waals surface area (Å²) in [6.45, 7) is 17.4. The highest BCUT2D eigenvalue weighted by Crippen LogP contribution is 2.40. The molecule has 2 fully saturated rings. The summed E-state index contributed by atoms with van der Waals surface area (Å²) >= 11 is 0. The molecule has 1 aromatic carbocycles. The number of benzene rings is 1. The number of aryl methyl sites for hydroxylation is 1. The van der Waals surface area contributed by atoms with Crippen LogP contribution >= 0.6 is 0 Å². The molecule has 2 N–H and O–H groups in total. The van der Waals surface area contributed by atoms with Crippen LogP contribution in [0.2, 0.25) is 0 Å². The Morgan fingerprint density at radius 3 is 2.42 bits per heavy atom. The Balaban J connectivity index is 1.64. The summed E-state index contributed by atoms with van der Waals surface area (Å²) in [6, 6.07) is 7.45. The fourth-order valence-electron chi connectivity index (χ4n) is 6.90. The molecule has 0 saturated carbocycles. The zero-order valence-corrected chi connectivity index (χ0v) is 28.0. The number of allylic oxidation sites excluding steroid dienone is 5. The van der Waals surface area contributed by atoms with Gasteiger partial charge in [-0.3, -0.25) is 14.6 Å². The van der Waals surface area contributed by atoms with Gasteiger partial charge >= 0.3 is 0 Å². The maximum absolute atomic E-state index is 15.2. The minimum atomic E-state index is -0.591. The summed E-state index contributed by atoms with van der Waals surface area (Å²) in [4.78, 5) is 32.7. The minimum Gasteiger partial charge on any atom is -0.331 e. The molecule has 2 saturated heterocycles. The summed E-state index contributed by atoms with van der Waals surface area (Å²) in [6.07, 6.45) is 15.4. The third-order valence-corrected chi connectivity index (χ3v) is 9.71. The van der Waals surface area contributed by atoms with Crippen LogP contribution in [0.3, 0.4) is 0 Å². The Bertz CT molecular complexity index is 1340. The predicted octanol–water partition coefficient (Wildman–Crippen LogP) is 7.37. The van der Waals surface area contributed by atoms with E-state index in [9.17, 15) is 9.59 Å². The number of hydrogen-bond acceptors (Lipinski definition) is 4. The molecular weight excluding hydrogens is 563 g/mol. The first-order chi connectivity index (χ1) is 21.5. The largest absolute Gasteiger partial charge is 0.331 e. The number of carbonyl (C=O) groups excluding carboxylic acids is 2. The van der Waals surface area contributed by atoms with E-state index in [4.69, 9.17) is 5.84 Å². The zero-order chi connectivity index (χ0) is 32.7. The third-order valence-electron chi connectivity index (χ3n) is 9.71. The summed E-state index contributed by atoms with van der Waals surface area (Å²) in [5.41, 5.74) is 3.74. The van der Waals surface area contributed by atoms with E-state index in [1.165, 1.54) is 54.2 Å². The van der Waals surface area contributed by atoms with Crippen molar-refractivity contribution in [3.8, 4) is 0 Å². The van der Waals surface area contributed by atoms with Crippen molar-refractivity contribution in [1.29, 1.82) is 0 Å². The van der Waals surface area contributed by atoms with E-state index in [-0.39, 0.29) is 22.9 Å². The first-order valence-corrected chi connectivity index (χ1v) is 16.7. The average Bonchev–Trinajstić information content (AvgIpc) is 3.57. The maximum Gasteiger partial charge on any atom is 0.257 e. The lowest BCUT2D eigenvalue weighted by molar-refractivity contribution is -0.145. The van der Waals surface area contributed by atoms with E-state index >= 15 is 4.39 Å². The van der Waals surface area contributed by atoms with Gasteiger partial charge in [0, 0.05) is 6.54 Å². The molecule has 2 amide bonds. The number of nitrogens with zero attached hydrogens (tertiary/aromatic N) is 3. The molecule has 0 radical (unpaired) electrons. The third kappa shape index (κ3) is 8.30. The van der Waals surface area contributed by atoms with Crippen LogP contribution in [0.1, 0.15) is 90.3 Å². The molecule has 2 aliphatic heterocycles. The second kappa shape index (κ2) is 15.3. The molecule has 0 aromatic heterocycles. The Hall–Kier alpha value is -3.29. The second-order valence-corrected chi connectivity index (χ2v) is 13.8. The number of hydrogen-bond donors (Lipinski definition) is 1. The van der Waals surface area contributed by atoms with Gasteiger partial charge in [-0.05, 0) is 101 Å². The van der Waals surface area contributed by atoms with Crippen LogP contribution in [0.4, 0.5) is 4.39 Å². The van der Waals surface area contributed by atoms with Crippen LogP contribution in [0, 0.1) is 11.3 Å². The van der Waals surface area contributed by atoms with Gasteiger partial charge in [0.05, 0.1) is 23.6 Å². The molecule has 4 rings (SSSR count). The molecule has 0 spiro atoms. The number of nitrogens with two attached hydrogens (primary N) is 1. The highest BCUT2D eigenvalue weighted by molar-refractivity contribution is 5.99. The highest BCUT2D eigenvalue weighted by atomic mass is 19.1. The highest BCUT2D eigenvalue weighted by Gasteiger charge is 2.43. The van der Waals surface area contributed by atoms with E-state index in [1.54, 1.807) is 18.7 Å². The molecule has 3 aliphatic rings. The van der Waals surface area contributed by atoms with Crippen molar-refractivity contribution >= 4 is 11.8 Å². The lowest BCUT2D eigenvalue weighted by Gasteiger charge is -2.43. The molecule has 1 aromatic rings. The van der Waals surface area contributed by atoms with Crippen LogP contribution in [-0.2, 0) is 16.0 Å². The van der Waals surface area contributed by atoms with Crippen LogP contribution < -0.4 is 5.84 Å². The maximum atomic E-state index is 15.2. The van der Waals surface area contributed by atoms with Gasteiger partial charge < -0.3 is 9.80 Å². The van der Waals surface area contributed by atoms with Crippen LogP contribution in [0.25, 0.3) is 0 Å². The van der Waals surface area contributed by atoms with Crippen molar-refractivity contribution in [3.63, 3.8) is 0 Å². The molecule has 1 aliphatic carbocycles. The normalized spacial score (nSPS) is 23.4. The minimum absolute atomic E-state index is 0.0103. The summed E-state index contributed by atoms with van der Waals surface area (Å²) < 4.78 is 15.2. The number of rotatable bonds is 10. The summed E-state index contributed by atoms with van der Waals surface area (Å²) in [7, 11) is 0. The van der Waals surface area contributed by atoms with Gasteiger partial charge in [-0.25, -0.2) is 10.2 Å². The van der Waals surface area contributed by atoms with Crippen molar-refractivity contribution in [2.24, 2.45) is 17.2 Å². The molecule has 45 heavy (non-hydrogen) atoms. The number of amides is 2. The Morgan fingerprint density at radius 1 is 1.11 bits per heavy atom. The van der Waals surface area contributed by atoms with Gasteiger partial charge in [-0.1, -0.05) is 87.6 Å². The summed E-state index contributed by atoms with van der Waals surface area (Å²) in [5, 5.41) is 1.37. The van der Waals surface area contributed by atoms with E-state index < -0.39 is 23.7 Å². The van der Waals surface area contributed by atoms with Crippen molar-refractivity contribution in [2.45, 2.75) is 91.6 Å². The van der Waals surface area contributed by atoms with E-state index in [1.807, 2.05) is 24.3 Å². The molecule has 2 heterocycles. The Kier molecular flexibility index (Phi) is 11.8. The standard InChI is InChI=1S/C38H53FN4O2/c1-7-27(3)34(33(39)8-2)37(45)42-25-13-17-32(36(44)43(40)31-16-11-15-30(26-31)38(4,5)6)35(42)29-20-18-28(19-21-29)14-12-24-41-22-9-10-23-41/h7-8,11,15-16,18-21,31-32,35H,1,9-10,12-14,17,22-26,40H2,2-6H3/b33-8+,34-27+. The molecule has 3 unspecified atom stereocenters. The quantitative estimate of drug-likeness (QED) is 0.0980. The zero-order valence-electron chi connectivity index (χ0n) is 28.0. The Labute approximate surface area is 270 Å². The van der Waals surface area contributed by atoms with Crippen molar-refractivity contribution < 1.29 is 14.0 Å². The van der Waals surface area contributed by atoms with Crippen molar-refractivity contribution in [3.05, 3.63) is 94.9 Å². The van der Waals surface area contributed by atoms with Crippen molar-refractivity contribution in [2.75, 3.05) is 26.2 Å². The van der Waals surface area contributed by atoms with E-state index in [0.29, 0.717) is 31.4 Å². The molecule has 244 valence electrons. The molecule has 6 nitrogen and oxygen atoms in total. The molecular formula is C38H53FN4O2. The van der Waals surface area contributed by atoms with E-state index in [2.05, 4.69) is 50.5 Å². The van der Waals surface area contributed by atoms with Crippen LogP contribution in [0.15, 0.2) is 83.8 Å². The first-order valence-electron chi connectivity index (χ1n) is 16.7. The second-order valence-electron chi connectivity index (χ2n) is 13.8. The summed E-state index contributed by atoms with van der Waals surface area (Å²) in [5.74, 6) is 4.84. The molecule has 7 heteroatoms. The van der Waals surface area contributed by atoms with Crippen LogP contribution in [0.5, 0.6) is 0 Å². The number of halogens is 1. The number of likely N-dealkylation sites (tertiary alicyclic amines) is 2. The van der Waals surface area contributed by atoms with Gasteiger partial charge in [0.2, 0.25) is 5.91 Å². The molecule has 3 atom stereocenters. The van der Waals surface area contributed by atoms with Crippen LogP contribution in [-0.4, -0.2) is 58.8 Å². The predicted molar refractivity (Wildman–Crippen MR) is 181 cm³/mol. The number of hydrazine groups is 1. The fourth-order valence-corrected chi connectivity index (χ4v) is 6.90. The first kappa shape index (κ1) is 34.6. The smallest absolute Gasteiger partial charge is 0.257 e. The lowest BCUT2D eigenvalue weighted by Crippen LogP contribution is -2.54. The SMILES string of the molecule is C=C/C(C)=C(C(=O)N1CCCC(C(=O)N(N)C2C=CC=C(C(C)(C)C)C2)C1c1ccc(CCCN2CCCC2)cc1)\C(F)=C/C. The van der Waals surface area contributed by atoms with Gasteiger partial charge in [0.1, 0.15) is 5.83 Å². The monoisotopic (exact) mass is 616 g/mol. The van der Waals surface area contributed by atoms with Gasteiger partial charge in [-0.2, -0.15) is 0 Å². The van der Waals surface area contributed by atoms with Gasteiger partial charge in [-0.15, -0.1) is 0 Å². The van der Waals surface area contributed by atoms with Crippen molar-refractivity contribution in [1.82, 2.24) is 14.8 Å². The average molecular weight is 617 g/mol. The number of carbonyl (C=O) groups is 2. The van der Waals surface area contributed by atoms with Gasteiger partial charge in [0.15, 0.2) is 0 Å².